The van der Waals surface area contributed by atoms with E-state index in [-0.39, 0.29) is 23.5 Å². The number of nitrogens with zero attached hydrogens (tertiary/aromatic N) is 1. The third-order valence-corrected chi connectivity index (χ3v) is 8.32. The highest BCUT2D eigenvalue weighted by Crippen LogP contribution is 2.26. The van der Waals surface area contributed by atoms with E-state index in [4.69, 9.17) is 4.74 Å². The van der Waals surface area contributed by atoms with Crippen molar-refractivity contribution >= 4 is 27.1 Å². The van der Waals surface area contributed by atoms with Crippen molar-refractivity contribution in [1.29, 1.82) is 0 Å². The highest BCUT2D eigenvalue weighted by Gasteiger charge is 2.35. The number of carbonyl (C=O) groups is 1. The maximum atomic E-state index is 13.3. The van der Waals surface area contributed by atoms with Crippen LogP contribution in [-0.4, -0.2) is 43.4 Å². The van der Waals surface area contributed by atoms with Crippen LogP contribution in [0.15, 0.2) is 35.7 Å². The summed E-state index contributed by atoms with van der Waals surface area (Å²) in [7, 11) is -3.08. The minimum absolute atomic E-state index is 0.0438. The molecular formula is C23H31NO4S2. The number of hydrogen-bond acceptors (Lipinski definition) is 5. The maximum absolute atomic E-state index is 13.3. The Morgan fingerprint density at radius 3 is 2.53 bits per heavy atom. The van der Waals surface area contributed by atoms with Crippen molar-refractivity contribution in [2.24, 2.45) is 0 Å². The predicted molar refractivity (Wildman–Crippen MR) is 122 cm³/mol. The van der Waals surface area contributed by atoms with Crippen LogP contribution < -0.4 is 4.74 Å². The summed E-state index contributed by atoms with van der Waals surface area (Å²) in [4.78, 5) is 16.2. The zero-order valence-electron chi connectivity index (χ0n) is 17.8. The number of thiophene rings is 1. The Kier molecular flexibility index (Phi) is 7.94. The highest BCUT2D eigenvalue weighted by atomic mass is 32.2. The molecule has 1 unspecified atom stereocenters. The van der Waals surface area contributed by atoms with Crippen LogP contribution in [0, 0.1) is 6.92 Å². The average molecular weight is 450 g/mol. The van der Waals surface area contributed by atoms with Crippen LogP contribution >= 0.6 is 11.3 Å². The van der Waals surface area contributed by atoms with Gasteiger partial charge in [-0.2, -0.15) is 0 Å². The molecule has 1 atom stereocenters. The molecule has 3 rings (SSSR count). The van der Waals surface area contributed by atoms with Crippen molar-refractivity contribution < 1.29 is 17.9 Å². The van der Waals surface area contributed by atoms with Gasteiger partial charge in [0.05, 0.1) is 24.7 Å². The number of ether oxygens (including phenoxy) is 1. The molecule has 1 aliphatic heterocycles. The second-order valence-electron chi connectivity index (χ2n) is 7.95. The van der Waals surface area contributed by atoms with Gasteiger partial charge >= 0.3 is 0 Å². The van der Waals surface area contributed by atoms with Gasteiger partial charge in [-0.3, -0.25) is 4.79 Å². The second kappa shape index (κ2) is 10.4. The summed E-state index contributed by atoms with van der Waals surface area (Å²) in [5, 5.41) is 2.01. The first kappa shape index (κ1) is 22.8. The molecule has 2 heterocycles. The SMILES string of the molecule is CCCCCCOc1ccc(C(=O)N(Cc2sccc2C)C2CCS(=O)(=O)C2)cc1. The lowest BCUT2D eigenvalue weighted by Gasteiger charge is -2.28. The lowest BCUT2D eigenvalue weighted by atomic mass is 10.1. The molecule has 7 heteroatoms. The molecule has 0 spiro atoms. The monoisotopic (exact) mass is 449 g/mol. The van der Waals surface area contributed by atoms with Gasteiger partial charge in [0, 0.05) is 16.5 Å². The Labute approximate surface area is 184 Å². The van der Waals surface area contributed by atoms with Crippen LogP contribution in [0.1, 0.15) is 59.8 Å². The van der Waals surface area contributed by atoms with Gasteiger partial charge < -0.3 is 9.64 Å². The lowest BCUT2D eigenvalue weighted by Crippen LogP contribution is -2.40. The van der Waals surface area contributed by atoms with E-state index in [2.05, 4.69) is 6.92 Å². The number of sulfone groups is 1. The number of aryl methyl sites for hydroxylation is 1. The molecule has 0 N–H and O–H groups in total. The summed E-state index contributed by atoms with van der Waals surface area (Å²) in [6.45, 7) is 5.32. The van der Waals surface area contributed by atoms with Gasteiger partial charge in [0.2, 0.25) is 0 Å². The standard InChI is InChI=1S/C23H31NO4S2/c1-3-4-5-6-13-28-21-9-7-19(8-10-21)23(25)24(16-22-18(2)11-14-29-22)20-12-15-30(26,27)17-20/h7-11,14,20H,3-6,12-13,15-17H2,1-2H3. The third-order valence-electron chi connectivity index (χ3n) is 5.56. The van der Waals surface area contributed by atoms with E-state index < -0.39 is 9.84 Å². The topological polar surface area (TPSA) is 63.7 Å². The van der Waals surface area contributed by atoms with E-state index in [0.717, 1.165) is 29.0 Å². The first-order chi connectivity index (χ1) is 14.4. The zero-order chi connectivity index (χ0) is 21.6. The van der Waals surface area contributed by atoms with Crippen LogP contribution in [0.4, 0.5) is 0 Å². The molecule has 164 valence electrons. The third kappa shape index (κ3) is 6.08. The zero-order valence-corrected chi connectivity index (χ0v) is 19.4. The van der Waals surface area contributed by atoms with Crippen LogP contribution in [0.25, 0.3) is 0 Å². The van der Waals surface area contributed by atoms with E-state index in [1.807, 2.05) is 30.5 Å². The molecule has 5 nitrogen and oxygen atoms in total. The van der Waals surface area contributed by atoms with Crippen molar-refractivity contribution in [3.8, 4) is 5.75 Å². The smallest absolute Gasteiger partial charge is 0.254 e. The Hall–Kier alpha value is -1.86. The van der Waals surface area contributed by atoms with Crippen molar-refractivity contribution in [2.45, 2.75) is 58.5 Å². The molecule has 1 aliphatic rings. The number of hydrogen-bond donors (Lipinski definition) is 0. The fourth-order valence-corrected chi connectivity index (χ4v) is 6.32. The predicted octanol–water partition coefficient (Wildman–Crippen LogP) is 4.85. The molecule has 0 saturated carbocycles. The summed E-state index contributed by atoms with van der Waals surface area (Å²) >= 11 is 1.60. The van der Waals surface area contributed by atoms with Gasteiger partial charge in [-0.25, -0.2) is 8.42 Å². The summed E-state index contributed by atoms with van der Waals surface area (Å²) in [6, 6.07) is 8.96. The van der Waals surface area contributed by atoms with Crippen LogP contribution in [0.2, 0.25) is 0 Å². The minimum Gasteiger partial charge on any atom is -0.494 e. The van der Waals surface area contributed by atoms with Crippen LogP contribution in [-0.2, 0) is 16.4 Å². The van der Waals surface area contributed by atoms with Gasteiger partial charge in [0.1, 0.15) is 5.75 Å². The molecule has 0 bridgehead atoms. The van der Waals surface area contributed by atoms with E-state index in [0.29, 0.717) is 25.1 Å². The van der Waals surface area contributed by atoms with Crippen LogP contribution in [0.3, 0.4) is 0 Å². The second-order valence-corrected chi connectivity index (χ2v) is 11.2. The fourth-order valence-electron chi connectivity index (χ4n) is 3.69. The minimum atomic E-state index is -3.08. The maximum Gasteiger partial charge on any atom is 0.254 e. The lowest BCUT2D eigenvalue weighted by molar-refractivity contribution is 0.0683. The van der Waals surface area contributed by atoms with Crippen LogP contribution in [0.5, 0.6) is 5.75 Å². The number of benzene rings is 1. The van der Waals surface area contributed by atoms with Crippen molar-refractivity contribution in [2.75, 3.05) is 18.1 Å². The number of carbonyl (C=O) groups excluding carboxylic acids is 1. The largest absolute Gasteiger partial charge is 0.494 e. The highest BCUT2D eigenvalue weighted by molar-refractivity contribution is 7.91. The normalized spacial score (nSPS) is 17.7. The van der Waals surface area contributed by atoms with Crippen molar-refractivity contribution in [1.82, 2.24) is 4.90 Å². The fraction of sp³-hybridized carbons (Fsp3) is 0.522. The van der Waals surface area contributed by atoms with Crippen molar-refractivity contribution in [3.05, 3.63) is 51.7 Å². The first-order valence-electron chi connectivity index (χ1n) is 10.7. The molecule has 2 aromatic rings. The Bertz CT molecular complexity index is 934. The van der Waals surface area contributed by atoms with E-state index >= 15 is 0 Å². The summed E-state index contributed by atoms with van der Waals surface area (Å²) in [6.07, 6.45) is 5.10. The molecule has 30 heavy (non-hydrogen) atoms. The van der Waals surface area contributed by atoms with Gasteiger partial charge in [-0.15, -0.1) is 11.3 Å². The number of unbranched alkanes of at least 4 members (excludes halogenated alkanes) is 3. The quantitative estimate of drug-likeness (QED) is 0.487. The molecule has 1 amide bonds. The Morgan fingerprint density at radius 1 is 1.17 bits per heavy atom. The van der Waals surface area contributed by atoms with E-state index in [1.165, 1.54) is 12.8 Å². The summed E-state index contributed by atoms with van der Waals surface area (Å²) in [5.41, 5.74) is 1.69. The molecule has 1 saturated heterocycles. The number of amides is 1. The van der Waals surface area contributed by atoms with Gasteiger partial charge in [-0.05, 0) is 61.0 Å². The average Bonchev–Trinajstić information content (AvgIpc) is 3.30. The first-order valence-corrected chi connectivity index (χ1v) is 13.4. The molecule has 1 aromatic carbocycles. The summed E-state index contributed by atoms with van der Waals surface area (Å²) < 4.78 is 29.8. The summed E-state index contributed by atoms with van der Waals surface area (Å²) in [5.74, 6) is 0.823. The molecular weight excluding hydrogens is 418 g/mol. The molecule has 0 aliphatic carbocycles. The molecule has 0 radical (unpaired) electrons. The van der Waals surface area contributed by atoms with Gasteiger partial charge in [0.15, 0.2) is 9.84 Å². The molecule has 1 fully saturated rings. The van der Waals surface area contributed by atoms with Gasteiger partial charge in [-0.1, -0.05) is 26.2 Å². The molecule has 1 aromatic heterocycles. The Morgan fingerprint density at radius 2 is 1.93 bits per heavy atom. The van der Waals surface area contributed by atoms with E-state index in [9.17, 15) is 13.2 Å². The van der Waals surface area contributed by atoms with Gasteiger partial charge in [0.25, 0.3) is 5.91 Å². The Balaban J connectivity index is 1.70. The van der Waals surface area contributed by atoms with E-state index in [1.54, 1.807) is 28.4 Å². The van der Waals surface area contributed by atoms with Crippen molar-refractivity contribution in [3.63, 3.8) is 0 Å². The number of rotatable bonds is 10.